The highest BCUT2D eigenvalue weighted by Crippen LogP contribution is 2.41. The number of nitrogens with two attached hydrogens (primary N) is 1. The molecule has 0 radical (unpaired) electrons. The number of ether oxygens (including phenoxy) is 1. The van der Waals surface area contributed by atoms with Gasteiger partial charge in [0.15, 0.2) is 0 Å². The van der Waals surface area contributed by atoms with Crippen LogP contribution < -0.4 is 11.1 Å². The van der Waals surface area contributed by atoms with Crippen molar-refractivity contribution in [3.05, 3.63) is 71.0 Å². The van der Waals surface area contributed by atoms with E-state index in [-0.39, 0.29) is 5.41 Å². The van der Waals surface area contributed by atoms with Crippen LogP contribution in [0, 0.1) is 6.92 Å². The summed E-state index contributed by atoms with van der Waals surface area (Å²) in [6.45, 7) is 3.56. The second-order valence-electron chi connectivity index (χ2n) is 7.99. The maximum absolute atomic E-state index is 13.0. The summed E-state index contributed by atoms with van der Waals surface area (Å²) in [6.07, 6.45) is 0. The maximum atomic E-state index is 13.0. The van der Waals surface area contributed by atoms with Gasteiger partial charge in [0.05, 0.1) is 30.8 Å². The van der Waals surface area contributed by atoms with E-state index in [1.807, 2.05) is 36.4 Å². The van der Waals surface area contributed by atoms with Gasteiger partial charge >= 0.3 is 0 Å². The molecule has 0 unspecified atom stereocenters. The van der Waals surface area contributed by atoms with Crippen molar-refractivity contribution < 1.29 is 23.8 Å². The molecular formula is C23H24N2O5. The summed E-state index contributed by atoms with van der Waals surface area (Å²) in [7, 11) is 0. The van der Waals surface area contributed by atoms with E-state index >= 15 is 0 Å². The molecule has 4 rings (SSSR count). The number of aliphatic hydroxyl groups is 1. The molecule has 7 heteroatoms. The lowest BCUT2D eigenvalue weighted by Gasteiger charge is -2.42. The summed E-state index contributed by atoms with van der Waals surface area (Å²) < 4.78 is 11.3. The molecule has 1 aliphatic heterocycles. The number of aliphatic hydroxyl groups excluding tert-OH is 1. The van der Waals surface area contributed by atoms with Crippen molar-refractivity contribution in [2.75, 3.05) is 19.8 Å². The molecule has 156 valence electrons. The molecule has 2 amide bonds. The highest BCUT2D eigenvalue weighted by molar-refractivity contribution is 6.09. The number of furan rings is 1. The Labute approximate surface area is 173 Å². The number of primary amides is 1. The minimum absolute atomic E-state index is 0.290. The van der Waals surface area contributed by atoms with E-state index in [1.54, 1.807) is 6.92 Å². The van der Waals surface area contributed by atoms with Gasteiger partial charge in [0, 0.05) is 5.39 Å². The van der Waals surface area contributed by atoms with E-state index in [4.69, 9.17) is 14.9 Å². The van der Waals surface area contributed by atoms with Gasteiger partial charge in [0.25, 0.3) is 5.91 Å². The van der Waals surface area contributed by atoms with Crippen molar-refractivity contribution in [2.45, 2.75) is 24.8 Å². The smallest absolute Gasteiger partial charge is 0.256 e. The van der Waals surface area contributed by atoms with Crippen molar-refractivity contribution >= 4 is 22.8 Å². The molecule has 0 aliphatic carbocycles. The van der Waals surface area contributed by atoms with E-state index in [2.05, 4.69) is 17.4 Å². The maximum Gasteiger partial charge on any atom is 0.256 e. The average Bonchev–Trinajstić information content (AvgIpc) is 3.03. The van der Waals surface area contributed by atoms with E-state index in [1.165, 1.54) is 6.92 Å². The zero-order chi connectivity index (χ0) is 21.5. The number of aryl methyl sites for hydroxylation is 1. The van der Waals surface area contributed by atoms with Crippen molar-refractivity contribution in [3.63, 3.8) is 0 Å². The Morgan fingerprint density at radius 2 is 1.87 bits per heavy atom. The molecule has 1 saturated heterocycles. The summed E-state index contributed by atoms with van der Waals surface area (Å²) in [4.78, 5) is 24.7. The van der Waals surface area contributed by atoms with Crippen molar-refractivity contribution in [1.29, 1.82) is 0 Å². The molecule has 0 saturated carbocycles. The fraction of sp³-hybridized carbons (Fsp3) is 0.304. The second kappa shape index (κ2) is 7.27. The zero-order valence-electron chi connectivity index (χ0n) is 16.9. The number of amides is 2. The number of rotatable bonds is 6. The van der Waals surface area contributed by atoms with E-state index in [0.717, 1.165) is 11.1 Å². The lowest BCUT2D eigenvalue weighted by atomic mass is 9.72. The molecule has 0 spiro atoms. The molecule has 7 nitrogen and oxygen atoms in total. The highest BCUT2D eigenvalue weighted by Gasteiger charge is 2.42. The fourth-order valence-electron chi connectivity index (χ4n) is 3.86. The van der Waals surface area contributed by atoms with Gasteiger partial charge in [-0.3, -0.25) is 9.59 Å². The van der Waals surface area contributed by atoms with Gasteiger partial charge in [-0.15, -0.1) is 0 Å². The number of hydrogen-bond acceptors (Lipinski definition) is 5. The average molecular weight is 408 g/mol. The van der Waals surface area contributed by atoms with Crippen LogP contribution in [0.15, 0.2) is 52.9 Å². The summed E-state index contributed by atoms with van der Waals surface area (Å²) >= 11 is 0. The third-order valence-corrected chi connectivity index (χ3v) is 5.92. The molecule has 3 aromatic rings. The molecular weight excluding hydrogens is 384 g/mol. The van der Waals surface area contributed by atoms with Gasteiger partial charge < -0.3 is 25.3 Å². The van der Waals surface area contributed by atoms with E-state index in [9.17, 15) is 14.7 Å². The molecule has 1 aliphatic rings. The topological polar surface area (TPSA) is 115 Å². The minimum Gasteiger partial charge on any atom is -0.461 e. The SMILES string of the molecule is Cc1oc2ccc(C3(c4ccccc4)COC3)cc2c1C(=O)N[C@@](C)(CO)C(N)=O. The predicted molar refractivity (Wildman–Crippen MR) is 111 cm³/mol. The molecule has 1 aromatic heterocycles. The zero-order valence-corrected chi connectivity index (χ0v) is 16.9. The Balaban J connectivity index is 1.79. The van der Waals surface area contributed by atoms with E-state index < -0.39 is 24.0 Å². The summed E-state index contributed by atoms with van der Waals surface area (Å²) in [5.74, 6) is -0.931. The molecule has 2 aromatic carbocycles. The molecule has 4 N–H and O–H groups in total. The van der Waals surface area contributed by atoms with Crippen LogP contribution in [0.5, 0.6) is 0 Å². The van der Waals surface area contributed by atoms with Crippen LogP contribution in [-0.2, 0) is 14.9 Å². The molecule has 1 fully saturated rings. The summed E-state index contributed by atoms with van der Waals surface area (Å²) in [6, 6.07) is 15.9. The monoisotopic (exact) mass is 408 g/mol. The Bertz CT molecular complexity index is 1120. The number of carbonyl (C=O) groups excluding carboxylic acids is 2. The number of nitrogens with one attached hydrogen (secondary N) is 1. The fourth-order valence-corrected chi connectivity index (χ4v) is 3.86. The third-order valence-electron chi connectivity index (χ3n) is 5.92. The first-order chi connectivity index (χ1) is 14.3. The molecule has 30 heavy (non-hydrogen) atoms. The Kier molecular flexibility index (Phi) is 4.88. The number of fused-ring (bicyclic) bond motifs is 1. The van der Waals surface area contributed by atoms with Crippen molar-refractivity contribution in [3.8, 4) is 0 Å². The van der Waals surface area contributed by atoms with Crippen LogP contribution in [0.2, 0.25) is 0 Å². The minimum atomic E-state index is -1.57. The van der Waals surface area contributed by atoms with Gasteiger partial charge in [0.1, 0.15) is 16.9 Å². The van der Waals surface area contributed by atoms with Crippen LogP contribution in [0.4, 0.5) is 0 Å². The van der Waals surface area contributed by atoms with Gasteiger partial charge in [-0.25, -0.2) is 0 Å². The molecule has 2 heterocycles. The van der Waals surface area contributed by atoms with Crippen LogP contribution in [0.25, 0.3) is 11.0 Å². The third kappa shape index (κ3) is 3.07. The summed E-state index contributed by atoms with van der Waals surface area (Å²) in [5.41, 5.74) is 6.53. The number of carbonyl (C=O) groups is 2. The first kappa shape index (κ1) is 20.1. The normalized spacial score (nSPS) is 17.2. The Morgan fingerprint density at radius 1 is 1.17 bits per heavy atom. The lowest BCUT2D eigenvalue weighted by molar-refractivity contribution is -0.124. The van der Waals surface area contributed by atoms with Crippen molar-refractivity contribution in [1.82, 2.24) is 5.32 Å². The van der Waals surface area contributed by atoms with Crippen molar-refractivity contribution in [2.24, 2.45) is 5.73 Å². The van der Waals surface area contributed by atoms with E-state index in [0.29, 0.717) is 35.5 Å². The first-order valence-electron chi connectivity index (χ1n) is 9.71. The van der Waals surface area contributed by atoms with Gasteiger partial charge in [-0.1, -0.05) is 36.4 Å². The van der Waals surface area contributed by atoms with Crippen LogP contribution >= 0.6 is 0 Å². The van der Waals surface area contributed by atoms with Gasteiger partial charge in [-0.05, 0) is 37.1 Å². The van der Waals surface area contributed by atoms with Gasteiger partial charge in [-0.2, -0.15) is 0 Å². The summed E-state index contributed by atoms with van der Waals surface area (Å²) in [5, 5.41) is 12.7. The van der Waals surface area contributed by atoms with Crippen LogP contribution in [-0.4, -0.2) is 42.3 Å². The van der Waals surface area contributed by atoms with Crippen LogP contribution in [0.3, 0.4) is 0 Å². The van der Waals surface area contributed by atoms with Crippen LogP contribution in [0.1, 0.15) is 34.2 Å². The Hall–Kier alpha value is -3.16. The quantitative estimate of drug-likeness (QED) is 0.577. The number of hydrogen-bond donors (Lipinski definition) is 3. The number of benzene rings is 2. The molecule has 1 atom stereocenters. The van der Waals surface area contributed by atoms with Gasteiger partial charge in [0.2, 0.25) is 5.91 Å². The highest BCUT2D eigenvalue weighted by atomic mass is 16.5. The standard InChI is InChI=1S/C23H24N2O5/c1-14-19(20(27)25-22(2,11-26)21(24)28)17-10-16(8-9-18(17)30-14)23(12-29-13-23)15-6-4-3-5-7-15/h3-10,26H,11-13H2,1-2H3,(H2,24,28)(H,25,27)/t22-/m0/s1. The largest absolute Gasteiger partial charge is 0.461 e. The first-order valence-corrected chi connectivity index (χ1v) is 9.71. The second-order valence-corrected chi connectivity index (χ2v) is 7.99. The Morgan fingerprint density at radius 3 is 2.43 bits per heavy atom. The molecule has 0 bridgehead atoms. The lowest BCUT2D eigenvalue weighted by Crippen LogP contribution is -2.57. The predicted octanol–water partition coefficient (Wildman–Crippen LogP) is 2.02.